The van der Waals surface area contributed by atoms with E-state index in [1.54, 1.807) is 5.17 Å². The van der Waals surface area contributed by atoms with E-state index in [0.29, 0.717) is 6.04 Å². The third kappa shape index (κ3) is 3.44. The SMILES string of the molecule is C[Si](C)=C1C2=CC=CC2=NC1C1=CC=CC1.[Cl-].[Cl-].[Zr+2]. The van der Waals surface area contributed by atoms with Crippen LogP contribution in [0, 0.1) is 0 Å². The molecule has 5 heteroatoms. The number of nitrogens with zero attached hydrogens (tertiary/aromatic N) is 1. The maximum atomic E-state index is 4.88. The molecule has 1 unspecified atom stereocenters. The van der Waals surface area contributed by atoms with Gasteiger partial charge < -0.3 is 24.8 Å². The van der Waals surface area contributed by atoms with Gasteiger partial charge in [-0.3, -0.25) is 4.99 Å². The molecule has 0 saturated heterocycles. The summed E-state index contributed by atoms with van der Waals surface area (Å²) >= 11 is 0. The molecule has 1 heterocycles. The molecule has 0 radical (unpaired) electrons. The van der Waals surface area contributed by atoms with E-state index in [2.05, 4.69) is 49.6 Å². The molecule has 0 aromatic rings. The van der Waals surface area contributed by atoms with Crippen molar-refractivity contribution >= 4 is 19.3 Å². The van der Waals surface area contributed by atoms with Crippen molar-refractivity contribution in [1.29, 1.82) is 0 Å². The number of rotatable bonds is 1. The molecule has 0 fully saturated rings. The molecule has 0 amide bonds. The fraction of sp³-hybridized carbons (Fsp3) is 0.286. The van der Waals surface area contributed by atoms with Crippen LogP contribution in [0.1, 0.15) is 6.42 Å². The predicted molar refractivity (Wildman–Crippen MR) is 72.8 cm³/mol. The van der Waals surface area contributed by atoms with Gasteiger partial charge >= 0.3 is 26.2 Å². The zero-order valence-corrected chi connectivity index (χ0v) is 15.9. The van der Waals surface area contributed by atoms with Crippen LogP contribution in [0.4, 0.5) is 0 Å². The molecular formula is C14H15Cl2NSiZr. The van der Waals surface area contributed by atoms with Gasteiger partial charge in [-0.25, -0.2) is 0 Å². The Balaban J connectivity index is 0.00000108. The summed E-state index contributed by atoms with van der Waals surface area (Å²) in [5.41, 5.74) is 4.09. The van der Waals surface area contributed by atoms with Crippen molar-refractivity contribution < 1.29 is 51.0 Å². The van der Waals surface area contributed by atoms with Crippen LogP contribution in [0.3, 0.4) is 0 Å². The Hall–Kier alpha value is 0.180. The molecule has 0 saturated carbocycles. The number of fused-ring (bicyclic) bond motifs is 1. The molecule has 0 spiro atoms. The molecule has 1 aliphatic heterocycles. The van der Waals surface area contributed by atoms with Gasteiger partial charge in [-0.2, -0.15) is 0 Å². The van der Waals surface area contributed by atoms with E-state index in [4.69, 9.17) is 4.99 Å². The molecule has 3 rings (SSSR count). The first-order valence-electron chi connectivity index (χ1n) is 5.77. The smallest absolute Gasteiger partial charge is 1.00 e. The fourth-order valence-corrected chi connectivity index (χ4v) is 4.13. The normalized spacial score (nSPS) is 21.7. The maximum Gasteiger partial charge on any atom is 2.00 e. The number of aliphatic imine (C=N–C) groups is 1. The minimum absolute atomic E-state index is 0. The summed E-state index contributed by atoms with van der Waals surface area (Å²) in [6, 6.07) is 0.352. The van der Waals surface area contributed by atoms with Gasteiger partial charge in [0.2, 0.25) is 0 Å². The number of hydrogen-bond acceptors (Lipinski definition) is 1. The molecule has 3 aliphatic rings. The van der Waals surface area contributed by atoms with Crippen LogP contribution in [0.2, 0.25) is 13.1 Å². The van der Waals surface area contributed by atoms with Gasteiger partial charge in [-0.1, -0.05) is 43.5 Å². The second kappa shape index (κ2) is 7.83. The number of hydrogen-bond donors (Lipinski definition) is 0. The van der Waals surface area contributed by atoms with Crippen molar-refractivity contribution in [1.82, 2.24) is 0 Å². The molecule has 0 aromatic heterocycles. The first kappa shape index (κ1) is 19.2. The Bertz CT molecular complexity index is 538. The molecular weight excluding hydrogens is 372 g/mol. The number of allylic oxidation sites excluding steroid dienone is 6. The van der Waals surface area contributed by atoms with Crippen LogP contribution >= 0.6 is 0 Å². The molecule has 0 aromatic carbocycles. The summed E-state index contributed by atoms with van der Waals surface area (Å²) in [5.74, 6) is 0. The summed E-state index contributed by atoms with van der Waals surface area (Å²) < 4.78 is 0. The van der Waals surface area contributed by atoms with Gasteiger partial charge in [0, 0.05) is 14.0 Å². The summed E-state index contributed by atoms with van der Waals surface area (Å²) in [7, 11) is -0.425. The van der Waals surface area contributed by atoms with E-state index in [1.165, 1.54) is 16.9 Å². The largest absolute Gasteiger partial charge is 2.00 e. The Morgan fingerprint density at radius 2 is 1.89 bits per heavy atom. The van der Waals surface area contributed by atoms with Crippen LogP contribution < -0.4 is 24.8 Å². The van der Waals surface area contributed by atoms with E-state index >= 15 is 0 Å². The third-order valence-corrected chi connectivity index (χ3v) is 4.93. The van der Waals surface area contributed by atoms with E-state index in [0.717, 1.165) is 6.42 Å². The zero-order valence-electron chi connectivity index (χ0n) is 11.0. The molecule has 0 bridgehead atoms. The van der Waals surface area contributed by atoms with E-state index in [9.17, 15) is 0 Å². The monoisotopic (exact) mass is 385 g/mol. The van der Waals surface area contributed by atoms with Crippen LogP contribution in [-0.2, 0) is 26.2 Å². The minimum Gasteiger partial charge on any atom is -1.00 e. The van der Waals surface area contributed by atoms with Crippen molar-refractivity contribution in [2.75, 3.05) is 0 Å². The summed E-state index contributed by atoms with van der Waals surface area (Å²) in [6.07, 6.45) is 14.2. The Kier molecular flexibility index (Phi) is 7.90. The zero-order chi connectivity index (χ0) is 11.1. The molecule has 2 aliphatic carbocycles. The Morgan fingerprint density at radius 3 is 2.47 bits per heavy atom. The molecule has 1 nitrogen and oxygen atoms in total. The topological polar surface area (TPSA) is 12.4 Å². The van der Waals surface area contributed by atoms with Crippen molar-refractivity contribution in [3.05, 3.63) is 47.6 Å². The molecule has 1 atom stereocenters. The standard InChI is InChI=1S/C14H15NSi.2ClH.Zr/c1-16(2)14-11-8-5-9-12(11)15-13(14)10-6-3-4-7-10;;;/h3-6,8-9,13H,7H2,1-2H3;2*1H;/q;;;+2/p-2. The van der Waals surface area contributed by atoms with Gasteiger partial charge in [-0.15, -0.1) is 0 Å². The van der Waals surface area contributed by atoms with Crippen LogP contribution in [0.25, 0.3) is 0 Å². The maximum absolute atomic E-state index is 4.88. The van der Waals surface area contributed by atoms with Gasteiger partial charge in [0.1, 0.15) is 0 Å². The predicted octanol–water partition coefficient (Wildman–Crippen LogP) is -3.29. The second-order valence-electron chi connectivity index (χ2n) is 4.64. The quantitative estimate of drug-likeness (QED) is 0.418. The average molecular weight is 387 g/mol. The third-order valence-electron chi connectivity index (χ3n) is 3.31. The van der Waals surface area contributed by atoms with Crippen molar-refractivity contribution in [3.63, 3.8) is 0 Å². The van der Waals surface area contributed by atoms with E-state index in [1.807, 2.05) is 0 Å². The summed E-state index contributed by atoms with van der Waals surface area (Å²) in [5, 5.41) is 1.60. The molecule has 98 valence electrons. The number of halogens is 2. The van der Waals surface area contributed by atoms with E-state index in [-0.39, 0.29) is 51.0 Å². The van der Waals surface area contributed by atoms with E-state index < -0.39 is 8.41 Å². The molecule has 0 N–H and O–H groups in total. The van der Waals surface area contributed by atoms with Crippen LogP contribution in [-0.4, -0.2) is 25.3 Å². The van der Waals surface area contributed by atoms with Crippen molar-refractivity contribution in [2.45, 2.75) is 25.6 Å². The first-order chi connectivity index (χ1) is 7.77. The van der Waals surface area contributed by atoms with Crippen LogP contribution in [0.15, 0.2) is 52.6 Å². The average Bonchev–Trinajstić information content (AvgIpc) is 2.92. The molecule has 19 heavy (non-hydrogen) atoms. The second-order valence-corrected chi connectivity index (χ2v) is 7.18. The van der Waals surface area contributed by atoms with Crippen molar-refractivity contribution in [3.8, 4) is 0 Å². The fourth-order valence-electron chi connectivity index (χ4n) is 2.58. The van der Waals surface area contributed by atoms with Crippen LogP contribution in [0.5, 0.6) is 0 Å². The van der Waals surface area contributed by atoms with Gasteiger partial charge in [0.15, 0.2) is 0 Å². The Labute approximate surface area is 147 Å². The van der Waals surface area contributed by atoms with Gasteiger partial charge in [-0.05, 0) is 23.2 Å². The minimum atomic E-state index is -0.425. The summed E-state index contributed by atoms with van der Waals surface area (Å²) in [6.45, 7) is 4.74. The van der Waals surface area contributed by atoms with Gasteiger partial charge in [0.05, 0.1) is 11.8 Å². The van der Waals surface area contributed by atoms with Gasteiger partial charge in [0.25, 0.3) is 0 Å². The van der Waals surface area contributed by atoms with Crippen molar-refractivity contribution in [2.24, 2.45) is 4.99 Å². The Morgan fingerprint density at radius 1 is 1.16 bits per heavy atom. The first-order valence-corrected chi connectivity index (χ1v) is 8.27. The summed E-state index contributed by atoms with van der Waals surface area (Å²) in [4.78, 5) is 4.88.